The molecule has 0 aliphatic carbocycles. The molecular formula is C9H9NO. The summed E-state index contributed by atoms with van der Waals surface area (Å²) in [7, 11) is 0. The van der Waals surface area contributed by atoms with Crippen molar-refractivity contribution in [2.45, 2.75) is 6.92 Å². The zero-order valence-corrected chi connectivity index (χ0v) is 6.37. The van der Waals surface area contributed by atoms with Gasteiger partial charge in [0.25, 0.3) is 0 Å². The third-order valence-corrected chi connectivity index (χ3v) is 1.50. The van der Waals surface area contributed by atoms with E-state index < -0.39 is 0 Å². The molecule has 0 amide bonds. The van der Waals surface area contributed by atoms with Crippen molar-refractivity contribution < 1.29 is 0 Å². The lowest BCUT2D eigenvalue weighted by Gasteiger charge is -1.97. The summed E-state index contributed by atoms with van der Waals surface area (Å²) < 4.78 is 0. The molecule has 1 aromatic rings. The van der Waals surface area contributed by atoms with E-state index in [0.29, 0.717) is 5.69 Å². The average molecular weight is 147 g/mol. The molecular weight excluding hydrogens is 138 g/mol. The molecule has 56 valence electrons. The van der Waals surface area contributed by atoms with Crippen molar-refractivity contribution in [3.8, 4) is 0 Å². The van der Waals surface area contributed by atoms with Gasteiger partial charge in [-0.05, 0) is 24.2 Å². The molecule has 0 fully saturated rings. The van der Waals surface area contributed by atoms with Crippen LogP contribution >= 0.6 is 0 Å². The first kappa shape index (κ1) is 7.66. The highest BCUT2D eigenvalue weighted by atomic mass is 16.3. The first-order valence-corrected chi connectivity index (χ1v) is 3.34. The predicted molar refractivity (Wildman–Crippen MR) is 46.7 cm³/mol. The van der Waals surface area contributed by atoms with Crippen LogP contribution in [0.5, 0.6) is 0 Å². The molecule has 2 nitrogen and oxygen atoms in total. The summed E-state index contributed by atoms with van der Waals surface area (Å²) in [6.07, 6.45) is 1.63. The molecule has 0 N–H and O–H groups in total. The Morgan fingerprint density at radius 1 is 1.55 bits per heavy atom. The highest BCUT2D eigenvalue weighted by Gasteiger charge is 1.97. The second kappa shape index (κ2) is 3.10. The van der Waals surface area contributed by atoms with Gasteiger partial charge in [0, 0.05) is 5.56 Å². The summed E-state index contributed by atoms with van der Waals surface area (Å²) in [5.74, 6) is 0. The van der Waals surface area contributed by atoms with Gasteiger partial charge in [-0.25, -0.2) is 0 Å². The average Bonchev–Trinajstić information content (AvgIpc) is 2.04. The minimum Gasteiger partial charge on any atom is -0.145 e. The summed E-state index contributed by atoms with van der Waals surface area (Å²) in [4.78, 5) is 10.2. The number of benzene rings is 1. The number of rotatable bonds is 2. The van der Waals surface area contributed by atoms with Crippen LogP contribution in [0.15, 0.2) is 30.0 Å². The standard InChI is InChI=1S/C9H9NO/c1-3-8-6-7(2)4-5-9(8)10-11/h3-6H,1H2,2H3. The van der Waals surface area contributed by atoms with Gasteiger partial charge in [-0.15, -0.1) is 4.91 Å². The zero-order chi connectivity index (χ0) is 8.27. The monoisotopic (exact) mass is 147 g/mol. The van der Waals surface area contributed by atoms with Gasteiger partial charge in [-0.3, -0.25) is 0 Å². The maximum Gasteiger partial charge on any atom is 0.115 e. The molecule has 1 rings (SSSR count). The second-order valence-corrected chi connectivity index (χ2v) is 2.36. The summed E-state index contributed by atoms with van der Waals surface area (Å²) in [5, 5.41) is 2.86. The number of aryl methyl sites for hydroxylation is 1. The Morgan fingerprint density at radius 2 is 2.27 bits per heavy atom. The van der Waals surface area contributed by atoms with E-state index >= 15 is 0 Å². The van der Waals surface area contributed by atoms with Gasteiger partial charge < -0.3 is 0 Å². The van der Waals surface area contributed by atoms with Crippen LogP contribution in [0.25, 0.3) is 6.08 Å². The molecule has 0 aliphatic heterocycles. The number of hydrogen-bond donors (Lipinski definition) is 0. The molecule has 0 radical (unpaired) electrons. The van der Waals surface area contributed by atoms with E-state index in [4.69, 9.17) is 0 Å². The quantitative estimate of drug-likeness (QED) is 0.591. The van der Waals surface area contributed by atoms with E-state index in [1.807, 2.05) is 19.1 Å². The summed E-state index contributed by atoms with van der Waals surface area (Å²) >= 11 is 0. The van der Waals surface area contributed by atoms with Gasteiger partial charge >= 0.3 is 0 Å². The van der Waals surface area contributed by atoms with Crippen LogP contribution in [-0.2, 0) is 0 Å². The van der Waals surface area contributed by atoms with E-state index in [1.165, 1.54) is 0 Å². The Bertz CT molecular complexity index is 292. The van der Waals surface area contributed by atoms with Gasteiger partial charge in [0.15, 0.2) is 0 Å². The lowest BCUT2D eigenvalue weighted by molar-refractivity contribution is 1.41. The largest absolute Gasteiger partial charge is 0.145 e. The second-order valence-electron chi connectivity index (χ2n) is 2.36. The van der Waals surface area contributed by atoms with Crippen LogP contribution in [-0.4, -0.2) is 0 Å². The highest BCUT2D eigenvalue weighted by Crippen LogP contribution is 2.20. The van der Waals surface area contributed by atoms with E-state index in [2.05, 4.69) is 11.8 Å². The van der Waals surface area contributed by atoms with Crippen molar-refractivity contribution in [2.75, 3.05) is 0 Å². The summed E-state index contributed by atoms with van der Waals surface area (Å²) in [6, 6.07) is 5.42. The van der Waals surface area contributed by atoms with Crippen LogP contribution in [0.2, 0.25) is 0 Å². The molecule has 2 heteroatoms. The maximum atomic E-state index is 10.2. The highest BCUT2D eigenvalue weighted by molar-refractivity contribution is 5.63. The number of nitrogens with zero attached hydrogens (tertiary/aromatic N) is 1. The SMILES string of the molecule is C=Cc1cc(C)ccc1N=O. The van der Waals surface area contributed by atoms with Gasteiger partial charge in [-0.1, -0.05) is 24.3 Å². The summed E-state index contributed by atoms with van der Waals surface area (Å²) in [5.41, 5.74) is 2.35. The van der Waals surface area contributed by atoms with Gasteiger partial charge in [0.05, 0.1) is 0 Å². The van der Waals surface area contributed by atoms with Gasteiger partial charge in [0.1, 0.15) is 5.69 Å². The van der Waals surface area contributed by atoms with E-state index in [-0.39, 0.29) is 0 Å². The Morgan fingerprint density at radius 3 is 2.82 bits per heavy atom. The fraction of sp³-hybridized carbons (Fsp3) is 0.111. The number of hydrogen-bond acceptors (Lipinski definition) is 2. The predicted octanol–water partition coefficient (Wildman–Crippen LogP) is 3.04. The lowest BCUT2D eigenvalue weighted by atomic mass is 10.1. The van der Waals surface area contributed by atoms with Crippen LogP contribution < -0.4 is 0 Å². The number of nitroso groups, excluding NO2 is 1. The summed E-state index contributed by atoms with van der Waals surface area (Å²) in [6.45, 7) is 5.54. The molecule has 0 atom stereocenters. The molecule has 0 unspecified atom stereocenters. The molecule has 0 bridgehead atoms. The molecule has 0 saturated heterocycles. The van der Waals surface area contributed by atoms with Crippen LogP contribution in [0.4, 0.5) is 5.69 Å². The molecule has 11 heavy (non-hydrogen) atoms. The van der Waals surface area contributed by atoms with Crippen molar-refractivity contribution in [3.63, 3.8) is 0 Å². The Kier molecular flexibility index (Phi) is 2.16. The molecule has 1 aromatic carbocycles. The van der Waals surface area contributed by atoms with Crippen molar-refractivity contribution in [1.82, 2.24) is 0 Å². The fourth-order valence-electron chi connectivity index (χ4n) is 0.921. The van der Waals surface area contributed by atoms with E-state index in [9.17, 15) is 4.91 Å². The van der Waals surface area contributed by atoms with Crippen LogP contribution in [0, 0.1) is 11.8 Å². The normalized spacial score (nSPS) is 9.18. The first-order chi connectivity index (χ1) is 5.27. The molecule has 0 aliphatic rings. The minimum absolute atomic E-state index is 0.450. The van der Waals surface area contributed by atoms with Crippen LogP contribution in [0.3, 0.4) is 0 Å². The molecule has 0 spiro atoms. The van der Waals surface area contributed by atoms with Crippen molar-refractivity contribution in [1.29, 1.82) is 0 Å². The van der Waals surface area contributed by atoms with Crippen molar-refractivity contribution in [2.24, 2.45) is 5.18 Å². The third-order valence-electron chi connectivity index (χ3n) is 1.50. The van der Waals surface area contributed by atoms with E-state index in [1.54, 1.807) is 12.1 Å². The first-order valence-electron chi connectivity index (χ1n) is 3.34. The lowest BCUT2D eigenvalue weighted by Crippen LogP contribution is -1.75. The topological polar surface area (TPSA) is 29.4 Å². The Hall–Kier alpha value is -1.44. The van der Waals surface area contributed by atoms with Gasteiger partial charge in [0.2, 0.25) is 0 Å². The fourth-order valence-corrected chi connectivity index (χ4v) is 0.921. The molecule has 0 saturated carbocycles. The van der Waals surface area contributed by atoms with Crippen LogP contribution in [0.1, 0.15) is 11.1 Å². The Balaban J connectivity index is 3.26. The van der Waals surface area contributed by atoms with Gasteiger partial charge in [-0.2, -0.15) is 0 Å². The van der Waals surface area contributed by atoms with Crippen molar-refractivity contribution in [3.05, 3.63) is 40.8 Å². The molecule has 0 aromatic heterocycles. The smallest absolute Gasteiger partial charge is 0.115 e. The minimum atomic E-state index is 0.450. The Labute approximate surface area is 65.5 Å². The molecule has 0 heterocycles. The third kappa shape index (κ3) is 1.52. The van der Waals surface area contributed by atoms with E-state index in [0.717, 1.165) is 11.1 Å². The maximum absolute atomic E-state index is 10.2. The van der Waals surface area contributed by atoms with Crippen molar-refractivity contribution >= 4 is 11.8 Å². The zero-order valence-electron chi connectivity index (χ0n) is 6.37.